The molecule has 0 amide bonds. The first-order chi connectivity index (χ1) is 15.1. The van der Waals surface area contributed by atoms with Gasteiger partial charge in [0.1, 0.15) is 6.17 Å². The summed E-state index contributed by atoms with van der Waals surface area (Å²) >= 11 is 0. The van der Waals surface area contributed by atoms with Crippen LogP contribution in [0.5, 0.6) is 0 Å². The lowest BCUT2D eigenvalue weighted by atomic mass is 9.49. The molecule has 1 spiro atoms. The molecule has 8 atom stereocenters. The van der Waals surface area contributed by atoms with Gasteiger partial charge in [0.15, 0.2) is 0 Å². The summed E-state index contributed by atoms with van der Waals surface area (Å²) in [7, 11) is 0. The average molecular weight is 445 g/mol. The minimum Gasteiger partial charge on any atom is -0.247 e. The summed E-state index contributed by atoms with van der Waals surface area (Å²) in [6.07, 6.45) is 13.8. The second-order valence-electron chi connectivity index (χ2n) is 12.9. The van der Waals surface area contributed by atoms with Crippen molar-refractivity contribution in [3.05, 3.63) is 23.8 Å². The molecule has 184 valence electrons. The lowest BCUT2D eigenvalue weighted by molar-refractivity contribution is 0.00714. The molecule has 3 fully saturated rings. The molecule has 3 aliphatic carbocycles. The number of hydrogen-bond acceptors (Lipinski definition) is 0. The van der Waals surface area contributed by atoms with E-state index in [-0.39, 0.29) is 5.41 Å². The van der Waals surface area contributed by atoms with Crippen molar-refractivity contribution in [1.82, 2.24) is 0 Å². The van der Waals surface area contributed by atoms with Crippen molar-refractivity contribution in [3.8, 4) is 0 Å². The zero-order chi connectivity index (χ0) is 23.6. The van der Waals surface area contributed by atoms with Gasteiger partial charge in [0, 0.05) is 0 Å². The highest BCUT2D eigenvalue weighted by atomic mass is 19.1. The first kappa shape index (κ1) is 26.0. The van der Waals surface area contributed by atoms with Crippen LogP contribution in [0.4, 0.5) is 4.39 Å². The second-order valence-corrected chi connectivity index (χ2v) is 12.9. The Balaban J connectivity index is 1.68. The fourth-order valence-electron chi connectivity index (χ4n) is 8.51. The number of halogens is 1. The maximum atomic E-state index is 14.7. The molecule has 0 aromatic carbocycles. The Bertz CT molecular complexity index is 657. The Morgan fingerprint density at radius 1 is 1.16 bits per heavy atom. The summed E-state index contributed by atoms with van der Waals surface area (Å²) < 4.78 is 14.7. The molecule has 0 aromatic heterocycles. The fourth-order valence-corrected chi connectivity index (χ4v) is 8.51. The third kappa shape index (κ3) is 5.22. The van der Waals surface area contributed by atoms with Gasteiger partial charge in [-0.3, -0.25) is 0 Å². The van der Waals surface area contributed by atoms with Crippen LogP contribution in [0.2, 0.25) is 0 Å². The maximum Gasteiger partial charge on any atom is 0.101 e. The molecule has 3 aliphatic rings. The van der Waals surface area contributed by atoms with Gasteiger partial charge in [0.25, 0.3) is 0 Å². The Morgan fingerprint density at radius 3 is 2.41 bits per heavy atom. The molecule has 0 heterocycles. The molecule has 0 aliphatic heterocycles. The van der Waals surface area contributed by atoms with Crippen molar-refractivity contribution in [1.29, 1.82) is 0 Å². The van der Waals surface area contributed by atoms with E-state index in [1.165, 1.54) is 44.1 Å². The second kappa shape index (κ2) is 10.8. The summed E-state index contributed by atoms with van der Waals surface area (Å²) in [5, 5.41) is 0. The van der Waals surface area contributed by atoms with Crippen LogP contribution in [0, 0.1) is 52.8 Å². The van der Waals surface area contributed by atoms with Gasteiger partial charge in [-0.25, -0.2) is 4.39 Å². The highest BCUT2D eigenvalue weighted by Crippen LogP contribution is 2.66. The number of allylic oxidation sites excluding steroid dienone is 3. The van der Waals surface area contributed by atoms with Gasteiger partial charge in [-0.2, -0.15) is 0 Å². The van der Waals surface area contributed by atoms with Gasteiger partial charge in [0.2, 0.25) is 0 Å². The van der Waals surface area contributed by atoms with Gasteiger partial charge in [-0.1, -0.05) is 72.3 Å². The third-order valence-electron chi connectivity index (χ3n) is 10.1. The van der Waals surface area contributed by atoms with Crippen LogP contribution in [-0.2, 0) is 0 Å². The molecule has 3 rings (SSSR count). The summed E-state index contributed by atoms with van der Waals surface area (Å²) in [5.41, 5.74) is 3.19. The average Bonchev–Trinajstić information content (AvgIpc) is 3.10. The maximum absolute atomic E-state index is 14.7. The van der Waals surface area contributed by atoms with Crippen molar-refractivity contribution in [3.63, 3.8) is 0 Å². The summed E-state index contributed by atoms with van der Waals surface area (Å²) in [6.45, 7) is 21.1. The molecule has 1 heteroatoms. The van der Waals surface area contributed by atoms with E-state index in [0.717, 1.165) is 49.4 Å². The van der Waals surface area contributed by atoms with Crippen LogP contribution in [-0.4, -0.2) is 6.17 Å². The van der Waals surface area contributed by atoms with Crippen LogP contribution in [0.3, 0.4) is 0 Å². The molecule has 8 unspecified atom stereocenters. The van der Waals surface area contributed by atoms with Gasteiger partial charge >= 0.3 is 0 Å². The molecule has 32 heavy (non-hydrogen) atoms. The molecule has 3 saturated carbocycles. The van der Waals surface area contributed by atoms with E-state index in [1.54, 1.807) is 5.57 Å². The quantitative estimate of drug-likeness (QED) is 0.310. The highest BCUT2D eigenvalue weighted by Gasteiger charge is 2.60. The number of hydrogen-bond donors (Lipinski definition) is 0. The largest absolute Gasteiger partial charge is 0.247 e. The predicted octanol–water partition coefficient (Wildman–Crippen LogP) is 9.80. The zero-order valence-corrected chi connectivity index (χ0v) is 22.4. The lowest BCUT2D eigenvalue weighted by Crippen LogP contribution is -2.47. The Labute approximate surface area is 199 Å². The number of rotatable bonds is 9. The lowest BCUT2D eigenvalue weighted by Gasteiger charge is -2.55. The van der Waals surface area contributed by atoms with Crippen molar-refractivity contribution in [2.45, 2.75) is 119 Å². The Kier molecular flexibility index (Phi) is 8.76. The van der Waals surface area contributed by atoms with E-state index in [1.807, 2.05) is 0 Å². The molecule has 0 bridgehead atoms. The van der Waals surface area contributed by atoms with Crippen LogP contribution in [0.1, 0.15) is 113 Å². The van der Waals surface area contributed by atoms with Gasteiger partial charge in [0.05, 0.1) is 0 Å². The SMILES string of the molecule is C=C1CC(C)C12CC(F)CC2C1CCC(C(CC/C(=C/CC)C(C)C)CC(C)C)C(C)C1. The van der Waals surface area contributed by atoms with Gasteiger partial charge in [-0.15, -0.1) is 0 Å². The molecule has 0 nitrogen and oxygen atoms in total. The fraction of sp³-hybridized carbons (Fsp3) is 0.871. The molecule has 0 aromatic rings. The molecule has 0 saturated heterocycles. The van der Waals surface area contributed by atoms with E-state index in [9.17, 15) is 4.39 Å². The topological polar surface area (TPSA) is 0 Å². The van der Waals surface area contributed by atoms with Crippen molar-refractivity contribution in [2.24, 2.45) is 52.8 Å². The van der Waals surface area contributed by atoms with E-state index < -0.39 is 6.17 Å². The summed E-state index contributed by atoms with van der Waals surface area (Å²) in [4.78, 5) is 0. The highest BCUT2D eigenvalue weighted by molar-refractivity contribution is 5.28. The van der Waals surface area contributed by atoms with Gasteiger partial charge in [-0.05, 0) is 117 Å². The minimum atomic E-state index is -0.596. The van der Waals surface area contributed by atoms with Crippen LogP contribution in [0.15, 0.2) is 23.8 Å². The van der Waals surface area contributed by atoms with Crippen molar-refractivity contribution < 1.29 is 4.39 Å². The number of alkyl halides is 1. The van der Waals surface area contributed by atoms with Crippen molar-refractivity contribution in [2.75, 3.05) is 0 Å². The monoisotopic (exact) mass is 444 g/mol. The zero-order valence-electron chi connectivity index (χ0n) is 22.4. The standard InChI is InChI=1S/C31H53F/c1-9-10-25(21(4)5)11-12-26(15-20(2)3)29-14-13-27(16-22(29)6)30-18-28(32)19-31(30)23(7)17-24(31)8/h10,20-22,24,26-30H,7,9,11-19H2,1-6,8H3/b25-10-. The molecule has 0 N–H and O–H groups in total. The first-order valence-corrected chi connectivity index (χ1v) is 14.1. The first-order valence-electron chi connectivity index (χ1n) is 14.1. The predicted molar refractivity (Wildman–Crippen MR) is 138 cm³/mol. The van der Waals surface area contributed by atoms with Crippen LogP contribution >= 0.6 is 0 Å². The minimum absolute atomic E-state index is 0.144. The van der Waals surface area contributed by atoms with E-state index in [4.69, 9.17) is 0 Å². The van der Waals surface area contributed by atoms with E-state index in [0.29, 0.717) is 23.7 Å². The Morgan fingerprint density at radius 2 is 1.88 bits per heavy atom. The summed E-state index contributed by atoms with van der Waals surface area (Å²) in [6, 6.07) is 0. The van der Waals surface area contributed by atoms with Crippen molar-refractivity contribution >= 4 is 0 Å². The van der Waals surface area contributed by atoms with E-state index >= 15 is 0 Å². The smallest absolute Gasteiger partial charge is 0.101 e. The van der Waals surface area contributed by atoms with E-state index in [2.05, 4.69) is 61.1 Å². The van der Waals surface area contributed by atoms with Gasteiger partial charge < -0.3 is 0 Å². The van der Waals surface area contributed by atoms with Crippen LogP contribution < -0.4 is 0 Å². The Hall–Kier alpha value is -0.590. The molecule has 0 radical (unpaired) electrons. The molecular weight excluding hydrogens is 391 g/mol. The van der Waals surface area contributed by atoms with Crippen LogP contribution in [0.25, 0.3) is 0 Å². The molecular formula is C31H53F. The summed E-state index contributed by atoms with van der Waals surface area (Å²) in [5.74, 6) is 5.82. The third-order valence-corrected chi connectivity index (χ3v) is 10.1. The normalized spacial score (nSPS) is 39.2.